The Hall–Kier alpha value is -2.32. The first-order valence-electron chi connectivity index (χ1n) is 14.5. The minimum Gasteiger partial charge on any atom is -0.388 e. The van der Waals surface area contributed by atoms with Crippen LogP contribution in [0.15, 0.2) is 72.8 Å². The van der Waals surface area contributed by atoms with E-state index in [0.29, 0.717) is 25.0 Å². The zero-order valence-electron chi connectivity index (χ0n) is 24.1. The highest BCUT2D eigenvalue weighted by Gasteiger charge is 2.53. The molecule has 0 amide bonds. The van der Waals surface area contributed by atoms with E-state index >= 15 is 0 Å². The Labute approximate surface area is 251 Å². The van der Waals surface area contributed by atoms with Crippen molar-refractivity contribution < 1.29 is 23.7 Å². The van der Waals surface area contributed by atoms with Gasteiger partial charge in [0.25, 0.3) is 0 Å². The van der Waals surface area contributed by atoms with Crippen molar-refractivity contribution >= 4 is 21.6 Å². The lowest BCUT2D eigenvalue weighted by molar-refractivity contribution is -0.0537. The molecule has 3 aromatic carbocycles. The molecule has 0 spiro atoms. The number of rotatable bonds is 14. The second-order valence-electron chi connectivity index (χ2n) is 11.9. The minimum absolute atomic E-state index is 0.0160. The summed E-state index contributed by atoms with van der Waals surface area (Å²) in [6, 6.07) is 20.6. The summed E-state index contributed by atoms with van der Waals surface area (Å²) in [5, 5.41) is 22.9. The SMILES string of the molecule is CCC(CCC(C)(C)[C@@H]1[C@@H](CC[C@H](O)c2ccc(F)cc2)C(O)N1c1ccc(F)cc1)OCc1ccc(CBr)cc1. The van der Waals surface area contributed by atoms with Gasteiger partial charge in [0.05, 0.1) is 18.8 Å². The topological polar surface area (TPSA) is 52.9 Å². The molecule has 1 aliphatic rings. The molecule has 4 nitrogen and oxygen atoms in total. The van der Waals surface area contributed by atoms with Crippen LogP contribution in [0, 0.1) is 23.0 Å². The summed E-state index contributed by atoms with van der Waals surface area (Å²) in [5.74, 6) is -0.739. The molecule has 1 fully saturated rings. The van der Waals surface area contributed by atoms with Crippen molar-refractivity contribution in [2.45, 2.75) is 89.3 Å². The molecule has 4 rings (SSSR count). The third kappa shape index (κ3) is 7.95. The molecule has 2 N–H and O–H groups in total. The van der Waals surface area contributed by atoms with E-state index in [1.165, 1.54) is 29.8 Å². The number of aliphatic hydroxyl groups is 2. The van der Waals surface area contributed by atoms with Crippen molar-refractivity contribution in [1.82, 2.24) is 0 Å². The summed E-state index contributed by atoms with van der Waals surface area (Å²) in [5.41, 5.74) is 3.62. The predicted octanol–water partition coefficient (Wildman–Crippen LogP) is 8.30. The monoisotopic (exact) mass is 629 g/mol. The number of ether oxygens (including phenoxy) is 1. The normalized spacial score (nSPS) is 20.5. The number of alkyl halides is 1. The number of hydrogen-bond acceptors (Lipinski definition) is 4. The summed E-state index contributed by atoms with van der Waals surface area (Å²) in [4.78, 5) is 1.99. The van der Waals surface area contributed by atoms with Crippen molar-refractivity contribution in [1.29, 1.82) is 0 Å². The Bertz CT molecular complexity index is 1220. The lowest BCUT2D eigenvalue weighted by Crippen LogP contribution is -2.69. The molecule has 0 radical (unpaired) electrons. The molecule has 1 heterocycles. The molecule has 1 aliphatic heterocycles. The molecule has 1 saturated heterocycles. The van der Waals surface area contributed by atoms with Crippen LogP contribution >= 0.6 is 15.9 Å². The summed E-state index contributed by atoms with van der Waals surface area (Å²) in [7, 11) is 0. The molecule has 3 aromatic rings. The van der Waals surface area contributed by atoms with E-state index in [0.717, 1.165) is 35.8 Å². The predicted molar refractivity (Wildman–Crippen MR) is 164 cm³/mol. The second kappa shape index (κ2) is 14.2. The van der Waals surface area contributed by atoms with Gasteiger partial charge in [-0.2, -0.15) is 0 Å². The highest BCUT2D eigenvalue weighted by molar-refractivity contribution is 9.08. The maximum Gasteiger partial charge on any atom is 0.132 e. The third-order valence-electron chi connectivity index (χ3n) is 8.56. The van der Waals surface area contributed by atoms with E-state index in [1.807, 2.05) is 4.90 Å². The fourth-order valence-electron chi connectivity index (χ4n) is 6.05. The number of nitrogens with zero attached hydrogens (tertiary/aromatic N) is 1. The van der Waals surface area contributed by atoms with E-state index in [9.17, 15) is 19.0 Å². The van der Waals surface area contributed by atoms with Crippen molar-refractivity contribution in [3.8, 4) is 0 Å². The maximum atomic E-state index is 13.7. The van der Waals surface area contributed by atoms with E-state index in [2.05, 4.69) is 61.0 Å². The smallest absolute Gasteiger partial charge is 0.132 e. The fourth-order valence-corrected chi connectivity index (χ4v) is 6.43. The molecule has 0 aliphatic carbocycles. The molecule has 0 saturated carbocycles. The first-order chi connectivity index (χ1) is 19.6. The maximum absolute atomic E-state index is 13.7. The van der Waals surface area contributed by atoms with Crippen LogP contribution in [0.5, 0.6) is 0 Å². The zero-order valence-corrected chi connectivity index (χ0v) is 25.7. The van der Waals surface area contributed by atoms with Crippen molar-refractivity contribution in [2.75, 3.05) is 4.90 Å². The number of benzene rings is 3. The van der Waals surface area contributed by atoms with Gasteiger partial charge in [-0.3, -0.25) is 0 Å². The van der Waals surface area contributed by atoms with E-state index in [1.54, 1.807) is 24.3 Å². The highest BCUT2D eigenvalue weighted by atomic mass is 79.9. The molecule has 222 valence electrons. The molecule has 7 heteroatoms. The Balaban J connectivity index is 1.43. The third-order valence-corrected chi connectivity index (χ3v) is 9.20. The Morgan fingerprint density at radius 1 is 0.902 bits per heavy atom. The Morgan fingerprint density at radius 2 is 1.49 bits per heavy atom. The number of anilines is 1. The molecule has 5 atom stereocenters. The van der Waals surface area contributed by atoms with Gasteiger partial charge in [0.1, 0.15) is 17.9 Å². The quantitative estimate of drug-likeness (QED) is 0.176. The number of hydrogen-bond donors (Lipinski definition) is 2. The first-order valence-corrected chi connectivity index (χ1v) is 15.7. The molecular formula is C34H42BrF2NO3. The number of aliphatic hydroxyl groups excluding tert-OH is 2. The van der Waals surface area contributed by atoms with E-state index in [-0.39, 0.29) is 35.1 Å². The van der Waals surface area contributed by atoms with Gasteiger partial charge in [0.2, 0.25) is 0 Å². The van der Waals surface area contributed by atoms with Gasteiger partial charge in [-0.15, -0.1) is 0 Å². The van der Waals surface area contributed by atoms with Crippen LogP contribution in [0.4, 0.5) is 14.5 Å². The van der Waals surface area contributed by atoms with Crippen LogP contribution in [0.3, 0.4) is 0 Å². The molecular weight excluding hydrogens is 588 g/mol. The van der Waals surface area contributed by atoms with Gasteiger partial charge in [0, 0.05) is 23.0 Å². The van der Waals surface area contributed by atoms with Crippen LogP contribution in [-0.2, 0) is 16.7 Å². The Morgan fingerprint density at radius 3 is 2.07 bits per heavy atom. The van der Waals surface area contributed by atoms with Gasteiger partial charge in [0.15, 0.2) is 0 Å². The van der Waals surface area contributed by atoms with Crippen molar-refractivity contribution in [3.63, 3.8) is 0 Å². The van der Waals surface area contributed by atoms with Gasteiger partial charge in [-0.1, -0.05) is 73.1 Å². The molecule has 0 bridgehead atoms. The summed E-state index contributed by atoms with van der Waals surface area (Å²) < 4.78 is 33.4. The zero-order chi connectivity index (χ0) is 29.6. The molecule has 41 heavy (non-hydrogen) atoms. The van der Waals surface area contributed by atoms with E-state index < -0.39 is 12.3 Å². The molecule has 2 unspecified atom stereocenters. The average Bonchev–Trinajstić information content (AvgIpc) is 2.97. The van der Waals surface area contributed by atoms with E-state index in [4.69, 9.17) is 4.74 Å². The largest absolute Gasteiger partial charge is 0.388 e. The second-order valence-corrected chi connectivity index (χ2v) is 12.4. The van der Waals surface area contributed by atoms with Crippen LogP contribution in [0.25, 0.3) is 0 Å². The summed E-state index contributed by atoms with van der Waals surface area (Å²) in [6.07, 6.45) is 2.32. The van der Waals surface area contributed by atoms with Gasteiger partial charge < -0.3 is 19.8 Å². The minimum atomic E-state index is -0.745. The van der Waals surface area contributed by atoms with Gasteiger partial charge in [-0.25, -0.2) is 8.78 Å². The van der Waals surface area contributed by atoms with Gasteiger partial charge >= 0.3 is 0 Å². The number of halogens is 3. The fraction of sp³-hybridized carbons (Fsp3) is 0.471. The lowest BCUT2D eigenvalue weighted by Gasteiger charge is -2.60. The van der Waals surface area contributed by atoms with Crippen LogP contribution in [0.1, 0.15) is 75.7 Å². The van der Waals surface area contributed by atoms with Crippen LogP contribution < -0.4 is 4.90 Å². The molecule has 0 aromatic heterocycles. The van der Waals surface area contributed by atoms with Crippen LogP contribution in [0.2, 0.25) is 0 Å². The average molecular weight is 631 g/mol. The first kappa shape index (κ1) is 31.6. The lowest BCUT2D eigenvalue weighted by atomic mass is 9.65. The summed E-state index contributed by atoms with van der Waals surface area (Å²) in [6.45, 7) is 7.14. The standard InChI is InChI=1S/C34H42BrF2NO3/c1-4-29(41-22-24-7-5-23(21-35)6-8-24)19-20-34(2,3)32-30(17-18-31(39)25-9-11-26(36)12-10-25)33(40)38(32)28-15-13-27(37)14-16-28/h5-16,29-33,39-40H,4,17-22H2,1-3H3/t29?,30-,31+,32+,33?/m1/s1. The Kier molecular flexibility index (Phi) is 11.0. The van der Waals surface area contributed by atoms with Crippen LogP contribution in [-0.4, -0.2) is 28.6 Å². The van der Waals surface area contributed by atoms with Gasteiger partial charge in [-0.05, 0) is 90.6 Å². The highest BCUT2D eigenvalue weighted by Crippen LogP contribution is 2.49. The summed E-state index contributed by atoms with van der Waals surface area (Å²) >= 11 is 3.48. The van der Waals surface area contributed by atoms with Crippen molar-refractivity contribution in [2.24, 2.45) is 11.3 Å². The van der Waals surface area contributed by atoms with Crippen molar-refractivity contribution in [3.05, 3.63) is 101 Å².